The first-order valence-electron chi connectivity index (χ1n) is 19.0. The number of hydrogen-bond donors (Lipinski definition) is 6. The summed E-state index contributed by atoms with van der Waals surface area (Å²) in [5.41, 5.74) is 2.62. The van der Waals surface area contributed by atoms with Crippen LogP contribution in [0.3, 0.4) is 0 Å². The number of anilines is 10. The van der Waals surface area contributed by atoms with Gasteiger partial charge in [0.15, 0.2) is 11.1 Å². The number of nitrogens with zero attached hydrogens (tertiary/aromatic N) is 8. The summed E-state index contributed by atoms with van der Waals surface area (Å²) in [5.74, 6) is 1.69. The minimum atomic E-state index is -4.76. The maximum Gasteiger partial charge on any atom is 0.295 e. The van der Waals surface area contributed by atoms with Crippen molar-refractivity contribution in [2.75, 3.05) is 83.7 Å². The molecule has 0 radical (unpaired) electrons. The van der Waals surface area contributed by atoms with E-state index in [0.717, 1.165) is 11.4 Å². The summed E-state index contributed by atoms with van der Waals surface area (Å²) in [7, 11) is -4.76. The zero-order valence-electron chi connectivity index (χ0n) is 32.4. The molecule has 0 spiro atoms. The van der Waals surface area contributed by atoms with Gasteiger partial charge in [-0.1, -0.05) is 60.7 Å². The van der Waals surface area contributed by atoms with Crippen LogP contribution in [0.2, 0.25) is 0 Å². The maximum absolute atomic E-state index is 12.7. The average molecular weight is 865 g/mol. The molecule has 314 valence electrons. The van der Waals surface area contributed by atoms with Crippen LogP contribution in [0.25, 0.3) is 12.2 Å². The number of rotatable bonds is 14. The molecule has 21 heteroatoms. The van der Waals surface area contributed by atoms with Crippen LogP contribution in [-0.2, 0) is 30.7 Å². The average Bonchev–Trinajstić information content (AvgIpc) is 3.27. The van der Waals surface area contributed by atoms with E-state index in [1.165, 1.54) is 30.4 Å². The number of benzene rings is 4. The van der Waals surface area contributed by atoms with Crippen molar-refractivity contribution in [1.82, 2.24) is 29.9 Å². The van der Waals surface area contributed by atoms with Crippen molar-refractivity contribution in [3.8, 4) is 0 Å². The third kappa shape index (κ3) is 10.8. The first kappa shape index (κ1) is 41.1. The van der Waals surface area contributed by atoms with E-state index in [4.69, 9.17) is 9.47 Å². The Bertz CT molecular complexity index is 2650. The van der Waals surface area contributed by atoms with Gasteiger partial charge in [-0.3, -0.25) is 4.55 Å². The molecule has 1 unspecified atom stereocenters. The molecule has 61 heavy (non-hydrogen) atoms. The number of nitrogens with one attached hydrogen (secondary N) is 4. The lowest BCUT2D eigenvalue weighted by molar-refractivity contribution is 0.122. The molecule has 2 fully saturated rings. The quantitative estimate of drug-likeness (QED) is 0.0437. The number of ether oxygens (including phenoxy) is 2. The highest BCUT2D eigenvalue weighted by molar-refractivity contribution is 7.86. The Morgan fingerprint density at radius 1 is 0.557 bits per heavy atom. The summed E-state index contributed by atoms with van der Waals surface area (Å²) in [6.45, 7) is 4.36. The molecule has 6 N–H and O–H groups in total. The number of aromatic nitrogens is 6. The molecule has 2 aliphatic rings. The summed E-state index contributed by atoms with van der Waals surface area (Å²) in [4.78, 5) is 31.0. The second-order valence-corrected chi connectivity index (χ2v) is 15.9. The Morgan fingerprint density at radius 2 is 0.967 bits per heavy atom. The highest BCUT2D eigenvalue weighted by atomic mass is 32.2. The minimum Gasteiger partial charge on any atom is -0.378 e. The van der Waals surface area contributed by atoms with E-state index < -0.39 is 26.1 Å². The lowest BCUT2D eigenvalue weighted by Gasteiger charge is -2.27. The van der Waals surface area contributed by atoms with Gasteiger partial charge in [-0.05, 0) is 59.7 Å². The standard InChI is InChI=1S/C40H40N12O7S2/c53-60(54)33-25-31(43-37-45-35(41-29-7-3-1-4-8-29)47-39(49-37)51-17-21-58-22-18-51)15-13-27(33)11-12-28-14-16-32(26-34(28)61(55,56)57)44-38-46-36(42-30-9-5-2-6-10-30)48-40(50-38)52-19-23-59-24-20-52/h1-16,25-26H,17-24H2,(H,53,54)(H,55,56,57)(H2,41,43,45,47,49)(H2,42,44,46,48,50)/b12-11+. The van der Waals surface area contributed by atoms with E-state index in [2.05, 4.69) is 51.2 Å². The van der Waals surface area contributed by atoms with Gasteiger partial charge >= 0.3 is 0 Å². The van der Waals surface area contributed by atoms with Crippen molar-refractivity contribution in [2.24, 2.45) is 0 Å². The number of para-hydroxylation sites is 2. The fourth-order valence-electron chi connectivity index (χ4n) is 6.38. The van der Waals surface area contributed by atoms with Crippen LogP contribution in [0, 0.1) is 0 Å². The van der Waals surface area contributed by atoms with E-state index in [0.29, 0.717) is 81.7 Å². The molecular weight excluding hydrogens is 825 g/mol. The third-order valence-corrected chi connectivity index (χ3v) is 11.0. The van der Waals surface area contributed by atoms with Crippen molar-refractivity contribution >= 4 is 91.8 Å². The summed E-state index contributed by atoms with van der Waals surface area (Å²) in [6.07, 6.45) is 2.91. The lowest BCUT2D eigenvalue weighted by atomic mass is 10.1. The van der Waals surface area contributed by atoms with E-state index in [1.807, 2.05) is 70.5 Å². The second kappa shape index (κ2) is 18.8. The highest BCUT2D eigenvalue weighted by Gasteiger charge is 2.21. The zero-order valence-corrected chi connectivity index (χ0v) is 34.0. The predicted molar refractivity (Wildman–Crippen MR) is 232 cm³/mol. The van der Waals surface area contributed by atoms with Gasteiger partial charge in [-0.2, -0.15) is 38.3 Å². The smallest absolute Gasteiger partial charge is 0.295 e. The van der Waals surface area contributed by atoms with E-state index in [1.54, 1.807) is 18.2 Å². The molecule has 0 bridgehead atoms. The normalized spacial score (nSPS) is 15.0. The first-order valence-corrected chi connectivity index (χ1v) is 21.6. The molecule has 0 saturated carbocycles. The molecule has 4 heterocycles. The Hall–Kier alpha value is -6.62. The lowest BCUT2D eigenvalue weighted by Crippen LogP contribution is -2.37. The van der Waals surface area contributed by atoms with Crippen LogP contribution in [0.1, 0.15) is 11.1 Å². The predicted octanol–water partition coefficient (Wildman–Crippen LogP) is 5.70. The summed E-state index contributed by atoms with van der Waals surface area (Å²) < 4.78 is 69.8. The molecule has 0 aliphatic carbocycles. The molecule has 19 nitrogen and oxygen atoms in total. The van der Waals surface area contributed by atoms with Crippen molar-refractivity contribution in [3.05, 3.63) is 108 Å². The van der Waals surface area contributed by atoms with Gasteiger partial charge in [-0.25, -0.2) is 4.21 Å². The minimum absolute atomic E-state index is 0.0175. The fraction of sp³-hybridized carbons (Fsp3) is 0.200. The molecular formula is C40H40N12O7S2. The Balaban J connectivity index is 1.05. The van der Waals surface area contributed by atoms with Gasteiger partial charge in [0, 0.05) is 48.9 Å². The van der Waals surface area contributed by atoms with E-state index in [9.17, 15) is 21.7 Å². The molecule has 1 atom stereocenters. The van der Waals surface area contributed by atoms with Gasteiger partial charge in [0.25, 0.3) is 10.1 Å². The van der Waals surface area contributed by atoms with Crippen LogP contribution < -0.4 is 31.1 Å². The van der Waals surface area contributed by atoms with Crippen molar-refractivity contribution < 1.29 is 31.2 Å². The Labute approximate surface area is 353 Å². The number of hydrogen-bond acceptors (Lipinski definition) is 17. The SMILES string of the molecule is O=S(O)c1cc(Nc2nc(Nc3ccccc3)nc(N3CCOCC3)n2)ccc1/C=C/c1ccc(Nc2nc(Nc3ccccc3)nc(N3CCOCC3)n2)cc1S(=O)(=O)O. The topological polar surface area (TPSA) is 242 Å². The van der Waals surface area contributed by atoms with Gasteiger partial charge in [0.05, 0.1) is 31.3 Å². The van der Waals surface area contributed by atoms with Gasteiger partial charge < -0.3 is 45.1 Å². The molecule has 2 aliphatic heterocycles. The molecule has 0 amide bonds. The van der Waals surface area contributed by atoms with Gasteiger partial charge in [-0.15, -0.1) is 0 Å². The van der Waals surface area contributed by atoms with Crippen molar-refractivity contribution in [2.45, 2.75) is 9.79 Å². The second-order valence-electron chi connectivity index (χ2n) is 13.6. The van der Waals surface area contributed by atoms with Crippen LogP contribution in [-0.4, -0.2) is 104 Å². The number of morpholine rings is 2. The van der Waals surface area contributed by atoms with Crippen LogP contribution in [0.4, 0.5) is 58.4 Å². The monoisotopic (exact) mass is 864 g/mol. The first-order chi connectivity index (χ1) is 29.6. The van der Waals surface area contributed by atoms with Gasteiger partial charge in [0.1, 0.15) is 4.90 Å². The van der Waals surface area contributed by atoms with Crippen LogP contribution in [0.15, 0.2) is 107 Å². The van der Waals surface area contributed by atoms with Crippen molar-refractivity contribution in [3.63, 3.8) is 0 Å². The largest absolute Gasteiger partial charge is 0.378 e. The molecule has 8 rings (SSSR count). The molecule has 2 aromatic heterocycles. The highest BCUT2D eigenvalue weighted by Crippen LogP contribution is 2.29. The zero-order chi connectivity index (χ0) is 42.2. The molecule has 6 aromatic rings. The Morgan fingerprint density at radius 3 is 1.41 bits per heavy atom. The summed E-state index contributed by atoms with van der Waals surface area (Å²) in [6, 6.07) is 27.8. The Kier molecular flexibility index (Phi) is 12.6. The van der Waals surface area contributed by atoms with Crippen LogP contribution in [0.5, 0.6) is 0 Å². The van der Waals surface area contributed by atoms with E-state index >= 15 is 0 Å². The molecule has 4 aromatic carbocycles. The molecule has 2 saturated heterocycles. The van der Waals surface area contributed by atoms with Crippen molar-refractivity contribution in [1.29, 1.82) is 0 Å². The fourth-order valence-corrected chi connectivity index (χ4v) is 7.65. The summed E-state index contributed by atoms with van der Waals surface area (Å²) in [5, 5.41) is 12.5. The maximum atomic E-state index is 12.7. The van der Waals surface area contributed by atoms with E-state index in [-0.39, 0.29) is 34.0 Å². The van der Waals surface area contributed by atoms with Gasteiger partial charge in [0.2, 0.25) is 35.7 Å². The third-order valence-electron chi connectivity index (χ3n) is 9.34. The summed E-state index contributed by atoms with van der Waals surface area (Å²) >= 11 is -2.46. The van der Waals surface area contributed by atoms with Crippen LogP contribution >= 0.6 is 0 Å².